The van der Waals surface area contributed by atoms with Gasteiger partial charge >= 0.3 is 0 Å². The van der Waals surface area contributed by atoms with E-state index in [2.05, 4.69) is 5.32 Å². The van der Waals surface area contributed by atoms with Crippen LogP contribution in [0.3, 0.4) is 0 Å². The number of amides is 2. The van der Waals surface area contributed by atoms with Gasteiger partial charge in [-0.3, -0.25) is 9.59 Å². The third-order valence-corrected chi connectivity index (χ3v) is 4.57. The van der Waals surface area contributed by atoms with Gasteiger partial charge in [-0.25, -0.2) is 0 Å². The van der Waals surface area contributed by atoms with Crippen molar-refractivity contribution in [2.45, 2.75) is 39.8 Å². The van der Waals surface area contributed by atoms with Crippen molar-refractivity contribution in [1.29, 1.82) is 0 Å². The van der Waals surface area contributed by atoms with Crippen molar-refractivity contribution in [3.8, 4) is 11.5 Å². The number of carbonyl (C=O) groups is 2. The van der Waals surface area contributed by atoms with Crippen molar-refractivity contribution in [2.75, 3.05) is 20.3 Å². The smallest absolute Gasteiger partial charge is 0.261 e. The average molecular weight is 399 g/mol. The van der Waals surface area contributed by atoms with Crippen LogP contribution in [-0.2, 0) is 16.1 Å². The molecule has 0 spiro atoms. The molecule has 0 aliphatic heterocycles. The fourth-order valence-electron chi connectivity index (χ4n) is 2.89. The van der Waals surface area contributed by atoms with Gasteiger partial charge in [0, 0.05) is 13.1 Å². The second-order valence-corrected chi connectivity index (χ2v) is 6.94. The number of hydrogen-bond acceptors (Lipinski definition) is 4. The molecule has 29 heavy (non-hydrogen) atoms. The molecule has 0 unspecified atom stereocenters. The molecule has 0 aliphatic rings. The molecule has 156 valence electrons. The Morgan fingerprint density at radius 2 is 1.79 bits per heavy atom. The van der Waals surface area contributed by atoms with Crippen LogP contribution in [0, 0.1) is 6.92 Å². The fraction of sp³-hybridized carbons (Fsp3) is 0.391. The molecule has 0 saturated heterocycles. The molecule has 0 fully saturated rings. The largest absolute Gasteiger partial charge is 0.497 e. The molecule has 2 aromatic rings. The van der Waals surface area contributed by atoms with Crippen LogP contribution >= 0.6 is 0 Å². The second-order valence-electron chi connectivity index (χ2n) is 6.94. The Hall–Kier alpha value is -3.02. The van der Waals surface area contributed by atoms with Gasteiger partial charge in [0.15, 0.2) is 6.61 Å². The molecule has 0 aliphatic carbocycles. The molecular weight excluding hydrogens is 368 g/mol. The Balaban J connectivity index is 2.11. The zero-order chi connectivity index (χ0) is 21.2. The van der Waals surface area contributed by atoms with Crippen molar-refractivity contribution in [3.05, 3.63) is 59.7 Å². The first-order valence-corrected chi connectivity index (χ1v) is 9.84. The van der Waals surface area contributed by atoms with E-state index in [0.717, 1.165) is 17.5 Å². The molecule has 6 nitrogen and oxygen atoms in total. The van der Waals surface area contributed by atoms with E-state index >= 15 is 0 Å². The Morgan fingerprint density at radius 1 is 1.10 bits per heavy atom. The number of hydrogen-bond donors (Lipinski definition) is 1. The number of aryl methyl sites for hydroxylation is 1. The first-order chi connectivity index (χ1) is 13.9. The lowest BCUT2D eigenvalue weighted by atomic mass is 10.1. The molecule has 2 rings (SSSR count). The molecule has 0 bridgehead atoms. The number of carbonyl (C=O) groups excluding carboxylic acids is 2. The van der Waals surface area contributed by atoms with E-state index in [1.165, 1.54) is 0 Å². The second kappa shape index (κ2) is 11.1. The van der Waals surface area contributed by atoms with Gasteiger partial charge in [-0.2, -0.15) is 0 Å². The van der Waals surface area contributed by atoms with Crippen LogP contribution in [0.2, 0.25) is 0 Å². The summed E-state index contributed by atoms with van der Waals surface area (Å²) in [6, 6.07) is 14.3. The highest BCUT2D eigenvalue weighted by molar-refractivity contribution is 5.87. The summed E-state index contributed by atoms with van der Waals surface area (Å²) < 4.78 is 10.8. The van der Waals surface area contributed by atoms with Gasteiger partial charge in [-0.05, 0) is 50.1 Å². The number of nitrogens with one attached hydrogen (secondary N) is 1. The van der Waals surface area contributed by atoms with Crippen LogP contribution in [0.15, 0.2) is 48.5 Å². The molecule has 1 atom stereocenters. The SMILES string of the molecule is CCCNC(=O)[C@@H](C)N(Cc1cccc(C)c1)C(=O)COc1ccc(OC)cc1. The molecule has 1 N–H and O–H groups in total. The Kier molecular flexibility index (Phi) is 8.52. The molecular formula is C23H30N2O4. The predicted molar refractivity (Wildman–Crippen MR) is 113 cm³/mol. The van der Waals surface area contributed by atoms with E-state index in [-0.39, 0.29) is 18.4 Å². The Labute approximate surface area is 172 Å². The van der Waals surface area contributed by atoms with Crippen molar-refractivity contribution >= 4 is 11.8 Å². The minimum absolute atomic E-state index is 0.149. The maximum absolute atomic E-state index is 12.9. The van der Waals surface area contributed by atoms with E-state index in [1.54, 1.807) is 43.2 Å². The topological polar surface area (TPSA) is 67.9 Å². The highest BCUT2D eigenvalue weighted by Crippen LogP contribution is 2.18. The lowest BCUT2D eigenvalue weighted by molar-refractivity contribution is -0.142. The predicted octanol–water partition coefficient (Wildman–Crippen LogP) is 3.33. The number of rotatable bonds is 10. The summed E-state index contributed by atoms with van der Waals surface area (Å²) in [5, 5.41) is 2.86. The summed E-state index contributed by atoms with van der Waals surface area (Å²) in [5.41, 5.74) is 2.07. The molecule has 0 aromatic heterocycles. The summed E-state index contributed by atoms with van der Waals surface area (Å²) in [5.74, 6) is 0.863. The van der Waals surface area contributed by atoms with Gasteiger partial charge in [0.1, 0.15) is 17.5 Å². The van der Waals surface area contributed by atoms with Gasteiger partial charge in [0.25, 0.3) is 5.91 Å². The van der Waals surface area contributed by atoms with Gasteiger partial charge in [0.2, 0.25) is 5.91 Å². The van der Waals surface area contributed by atoms with Gasteiger partial charge in [-0.1, -0.05) is 36.8 Å². The fourth-order valence-corrected chi connectivity index (χ4v) is 2.89. The first kappa shape index (κ1) is 22.3. The number of benzene rings is 2. The normalized spacial score (nSPS) is 11.4. The zero-order valence-corrected chi connectivity index (χ0v) is 17.6. The first-order valence-electron chi connectivity index (χ1n) is 9.84. The number of ether oxygens (including phenoxy) is 2. The molecule has 6 heteroatoms. The quantitative estimate of drug-likeness (QED) is 0.667. The Morgan fingerprint density at radius 3 is 2.41 bits per heavy atom. The van der Waals surface area contributed by atoms with Crippen LogP contribution in [0.25, 0.3) is 0 Å². The standard InChI is InChI=1S/C23H30N2O4/c1-5-13-24-23(27)18(3)25(15-19-8-6-7-17(2)14-19)22(26)16-29-21-11-9-20(28-4)10-12-21/h6-12,14,18H,5,13,15-16H2,1-4H3,(H,24,27)/t18-/m1/s1. The monoisotopic (exact) mass is 398 g/mol. The molecule has 2 amide bonds. The lowest BCUT2D eigenvalue weighted by Crippen LogP contribution is -2.49. The van der Waals surface area contributed by atoms with Crippen molar-refractivity contribution in [2.24, 2.45) is 0 Å². The summed E-state index contributed by atoms with van der Waals surface area (Å²) in [6.07, 6.45) is 0.838. The number of methoxy groups -OCH3 is 1. The lowest BCUT2D eigenvalue weighted by Gasteiger charge is -2.29. The summed E-state index contributed by atoms with van der Waals surface area (Å²) in [6.45, 7) is 6.50. The van der Waals surface area contributed by atoms with E-state index in [0.29, 0.717) is 24.6 Å². The minimum atomic E-state index is -0.603. The van der Waals surface area contributed by atoms with E-state index in [4.69, 9.17) is 9.47 Å². The third kappa shape index (κ3) is 6.82. The minimum Gasteiger partial charge on any atom is -0.497 e. The maximum atomic E-state index is 12.9. The summed E-state index contributed by atoms with van der Waals surface area (Å²) in [7, 11) is 1.59. The van der Waals surface area contributed by atoms with Gasteiger partial charge in [-0.15, -0.1) is 0 Å². The Bertz CT molecular complexity index is 805. The maximum Gasteiger partial charge on any atom is 0.261 e. The van der Waals surface area contributed by atoms with Crippen molar-refractivity contribution in [3.63, 3.8) is 0 Å². The zero-order valence-electron chi connectivity index (χ0n) is 17.6. The molecule has 0 radical (unpaired) electrons. The van der Waals surface area contributed by atoms with Crippen molar-refractivity contribution in [1.82, 2.24) is 10.2 Å². The van der Waals surface area contributed by atoms with Gasteiger partial charge in [0.05, 0.1) is 7.11 Å². The molecule has 2 aromatic carbocycles. The van der Waals surface area contributed by atoms with Crippen LogP contribution in [0.4, 0.5) is 0 Å². The van der Waals surface area contributed by atoms with E-state index in [9.17, 15) is 9.59 Å². The molecule has 0 heterocycles. The van der Waals surface area contributed by atoms with Crippen LogP contribution < -0.4 is 14.8 Å². The van der Waals surface area contributed by atoms with Gasteiger partial charge < -0.3 is 19.7 Å². The summed E-state index contributed by atoms with van der Waals surface area (Å²) >= 11 is 0. The summed E-state index contributed by atoms with van der Waals surface area (Å²) in [4.78, 5) is 27.0. The highest BCUT2D eigenvalue weighted by atomic mass is 16.5. The van der Waals surface area contributed by atoms with Crippen LogP contribution in [0.5, 0.6) is 11.5 Å². The third-order valence-electron chi connectivity index (χ3n) is 4.57. The van der Waals surface area contributed by atoms with Crippen molar-refractivity contribution < 1.29 is 19.1 Å². The van der Waals surface area contributed by atoms with Crippen LogP contribution in [0.1, 0.15) is 31.4 Å². The highest BCUT2D eigenvalue weighted by Gasteiger charge is 2.26. The van der Waals surface area contributed by atoms with E-state index in [1.807, 2.05) is 38.1 Å². The number of nitrogens with zero attached hydrogens (tertiary/aromatic N) is 1. The van der Waals surface area contributed by atoms with E-state index < -0.39 is 6.04 Å². The molecule has 0 saturated carbocycles. The average Bonchev–Trinajstić information content (AvgIpc) is 2.74. The van der Waals surface area contributed by atoms with Crippen LogP contribution in [-0.4, -0.2) is 43.0 Å².